The third-order valence-electron chi connectivity index (χ3n) is 4.00. The fraction of sp³-hybridized carbons (Fsp3) is 0.438. The predicted molar refractivity (Wildman–Crippen MR) is 91.6 cm³/mol. The molecule has 112 valence electrons. The molecule has 5 heteroatoms. The number of hydrogen-bond donors (Lipinski definition) is 1. The zero-order chi connectivity index (χ0) is 15.0. The molecule has 0 amide bonds. The maximum absolute atomic E-state index is 6.29. The van der Waals surface area contributed by atoms with E-state index in [4.69, 9.17) is 11.6 Å². The van der Waals surface area contributed by atoms with Crippen LogP contribution in [0.1, 0.15) is 36.9 Å². The summed E-state index contributed by atoms with van der Waals surface area (Å²) in [5.74, 6) is 0.903. The van der Waals surface area contributed by atoms with Crippen LogP contribution in [0.25, 0.3) is 5.69 Å². The van der Waals surface area contributed by atoms with Gasteiger partial charge in [-0.2, -0.15) is 0 Å². The third-order valence-corrected chi connectivity index (χ3v) is 5.04. The zero-order valence-corrected chi connectivity index (χ0v) is 14.6. The Kier molecular flexibility index (Phi) is 4.27. The lowest BCUT2D eigenvalue weighted by molar-refractivity contribution is 0.740. The van der Waals surface area contributed by atoms with Gasteiger partial charge in [0.25, 0.3) is 0 Å². The Hall–Kier alpha value is -1.00. The highest BCUT2D eigenvalue weighted by molar-refractivity contribution is 9.10. The monoisotopic (exact) mass is 367 g/mol. The molecular weight excluding hydrogens is 350 g/mol. The van der Waals surface area contributed by atoms with E-state index in [-0.39, 0.29) is 0 Å². The third kappa shape index (κ3) is 3.11. The number of halogens is 2. The minimum absolute atomic E-state index is 0.533. The largest absolute Gasteiger partial charge is 0.353 e. The normalized spacial score (nSPS) is 15.6. The Bertz CT molecular complexity index is 660. The van der Waals surface area contributed by atoms with E-state index in [0.717, 1.165) is 32.4 Å². The second-order valence-corrected chi connectivity index (χ2v) is 7.02. The number of nitrogens with one attached hydrogen (secondary N) is 1. The summed E-state index contributed by atoms with van der Waals surface area (Å²) in [6.07, 6.45) is 7.10. The molecule has 0 saturated heterocycles. The molecule has 1 aliphatic rings. The molecule has 1 heterocycles. The van der Waals surface area contributed by atoms with Gasteiger partial charge in [-0.05, 0) is 60.3 Å². The summed E-state index contributed by atoms with van der Waals surface area (Å²) in [6, 6.07) is 4.57. The highest BCUT2D eigenvalue weighted by Crippen LogP contribution is 2.31. The van der Waals surface area contributed by atoms with E-state index in [1.807, 2.05) is 32.2 Å². The molecule has 0 atom stereocenters. The molecule has 3 nitrogen and oxygen atoms in total. The van der Waals surface area contributed by atoms with Crippen molar-refractivity contribution in [2.45, 2.75) is 45.6 Å². The van der Waals surface area contributed by atoms with Gasteiger partial charge in [-0.3, -0.25) is 4.57 Å². The van der Waals surface area contributed by atoms with E-state index in [1.165, 1.54) is 25.7 Å². The number of aryl methyl sites for hydroxylation is 2. The molecule has 0 aliphatic heterocycles. The van der Waals surface area contributed by atoms with Gasteiger partial charge in [0, 0.05) is 21.7 Å². The maximum Gasteiger partial charge on any atom is 0.207 e. The van der Waals surface area contributed by atoms with Crippen LogP contribution in [0.3, 0.4) is 0 Å². The first-order valence-corrected chi connectivity index (χ1v) is 8.50. The summed E-state index contributed by atoms with van der Waals surface area (Å²) in [6.45, 7) is 4.02. The first-order chi connectivity index (χ1) is 10.0. The van der Waals surface area contributed by atoms with Crippen LogP contribution in [-0.4, -0.2) is 15.6 Å². The Morgan fingerprint density at radius 1 is 1.29 bits per heavy atom. The number of nitrogens with zero attached hydrogens (tertiary/aromatic N) is 2. The molecule has 1 aromatic heterocycles. The predicted octanol–water partition coefficient (Wildman–Crippen LogP) is 5.26. The fourth-order valence-corrected chi connectivity index (χ4v) is 3.66. The van der Waals surface area contributed by atoms with Crippen molar-refractivity contribution in [1.29, 1.82) is 0 Å². The Balaban J connectivity index is 2.00. The molecule has 0 unspecified atom stereocenters. The van der Waals surface area contributed by atoms with Crippen LogP contribution in [0.15, 0.2) is 22.8 Å². The molecule has 1 N–H and O–H groups in total. The van der Waals surface area contributed by atoms with Crippen LogP contribution in [0.2, 0.25) is 5.02 Å². The molecular formula is C16H19BrClN3. The van der Waals surface area contributed by atoms with E-state index in [2.05, 4.69) is 30.8 Å². The molecule has 0 spiro atoms. The highest BCUT2D eigenvalue weighted by Gasteiger charge is 2.18. The molecule has 21 heavy (non-hydrogen) atoms. The maximum atomic E-state index is 6.29. The summed E-state index contributed by atoms with van der Waals surface area (Å²) >= 11 is 9.93. The average Bonchev–Trinajstić information content (AvgIpc) is 3.04. The molecule has 0 radical (unpaired) electrons. The van der Waals surface area contributed by atoms with Crippen molar-refractivity contribution >= 4 is 33.5 Å². The second-order valence-electron chi connectivity index (χ2n) is 5.75. The van der Waals surface area contributed by atoms with E-state index < -0.39 is 0 Å². The Labute approximate surface area is 138 Å². The van der Waals surface area contributed by atoms with E-state index in [0.29, 0.717) is 6.04 Å². The molecule has 3 rings (SSSR count). The van der Waals surface area contributed by atoms with Gasteiger partial charge < -0.3 is 5.32 Å². The smallest absolute Gasteiger partial charge is 0.207 e. The minimum Gasteiger partial charge on any atom is -0.353 e. The Morgan fingerprint density at radius 2 is 2.00 bits per heavy atom. The van der Waals surface area contributed by atoms with Crippen molar-refractivity contribution in [2.24, 2.45) is 0 Å². The molecule has 1 saturated carbocycles. The van der Waals surface area contributed by atoms with Gasteiger partial charge in [0.15, 0.2) is 0 Å². The van der Waals surface area contributed by atoms with Crippen LogP contribution in [-0.2, 0) is 0 Å². The molecule has 1 aromatic carbocycles. The SMILES string of the molecule is Cc1cn(-c2cc(Cl)c(C)cc2Br)c(NC2CCCC2)n1. The van der Waals surface area contributed by atoms with Crippen LogP contribution >= 0.6 is 27.5 Å². The fourth-order valence-electron chi connectivity index (χ4n) is 2.86. The topological polar surface area (TPSA) is 29.9 Å². The number of imidazole rings is 1. The summed E-state index contributed by atoms with van der Waals surface area (Å²) in [4.78, 5) is 4.63. The van der Waals surface area contributed by atoms with Crippen molar-refractivity contribution in [1.82, 2.24) is 9.55 Å². The van der Waals surface area contributed by atoms with Gasteiger partial charge in [0.1, 0.15) is 0 Å². The number of rotatable bonds is 3. The van der Waals surface area contributed by atoms with Gasteiger partial charge in [-0.25, -0.2) is 4.98 Å². The van der Waals surface area contributed by atoms with Gasteiger partial charge in [-0.1, -0.05) is 24.4 Å². The van der Waals surface area contributed by atoms with Crippen molar-refractivity contribution in [3.8, 4) is 5.69 Å². The number of aromatic nitrogens is 2. The lowest BCUT2D eigenvalue weighted by Gasteiger charge is -2.16. The van der Waals surface area contributed by atoms with Crippen LogP contribution in [0.4, 0.5) is 5.95 Å². The Morgan fingerprint density at radius 3 is 2.71 bits per heavy atom. The lowest BCUT2D eigenvalue weighted by atomic mass is 10.2. The molecule has 1 fully saturated rings. The first kappa shape index (κ1) is 14.9. The molecule has 2 aromatic rings. The van der Waals surface area contributed by atoms with Crippen LogP contribution in [0, 0.1) is 13.8 Å². The van der Waals surface area contributed by atoms with Gasteiger partial charge in [0.2, 0.25) is 5.95 Å². The van der Waals surface area contributed by atoms with Crippen LogP contribution in [0.5, 0.6) is 0 Å². The summed E-state index contributed by atoms with van der Waals surface area (Å²) < 4.78 is 3.11. The molecule has 1 aliphatic carbocycles. The highest BCUT2D eigenvalue weighted by atomic mass is 79.9. The quantitative estimate of drug-likeness (QED) is 0.801. The van der Waals surface area contributed by atoms with E-state index in [1.54, 1.807) is 0 Å². The van der Waals surface area contributed by atoms with Crippen molar-refractivity contribution in [3.63, 3.8) is 0 Å². The van der Waals surface area contributed by atoms with Crippen molar-refractivity contribution in [2.75, 3.05) is 5.32 Å². The van der Waals surface area contributed by atoms with Gasteiger partial charge >= 0.3 is 0 Å². The first-order valence-electron chi connectivity index (χ1n) is 7.33. The number of hydrogen-bond acceptors (Lipinski definition) is 2. The summed E-state index contributed by atoms with van der Waals surface area (Å²) in [7, 11) is 0. The van der Waals surface area contributed by atoms with Gasteiger partial charge in [0.05, 0.1) is 11.4 Å². The average molecular weight is 369 g/mol. The van der Waals surface area contributed by atoms with E-state index in [9.17, 15) is 0 Å². The minimum atomic E-state index is 0.533. The number of anilines is 1. The van der Waals surface area contributed by atoms with Crippen molar-refractivity contribution in [3.05, 3.63) is 39.1 Å². The zero-order valence-electron chi connectivity index (χ0n) is 12.3. The lowest BCUT2D eigenvalue weighted by Crippen LogP contribution is -2.17. The van der Waals surface area contributed by atoms with Crippen LogP contribution < -0.4 is 5.32 Å². The standard InChI is InChI=1S/C16H19BrClN3/c1-10-7-13(17)15(8-14(10)18)21-9-11(2)19-16(21)20-12-5-3-4-6-12/h7-9,12H,3-6H2,1-2H3,(H,19,20). The number of benzene rings is 1. The van der Waals surface area contributed by atoms with E-state index >= 15 is 0 Å². The summed E-state index contributed by atoms with van der Waals surface area (Å²) in [5.41, 5.74) is 3.08. The second kappa shape index (κ2) is 6.01. The van der Waals surface area contributed by atoms with Crippen molar-refractivity contribution < 1.29 is 0 Å². The summed E-state index contributed by atoms with van der Waals surface area (Å²) in [5, 5.41) is 4.35. The molecule has 0 bridgehead atoms. The van der Waals surface area contributed by atoms with Gasteiger partial charge in [-0.15, -0.1) is 0 Å².